The first-order chi connectivity index (χ1) is 10.3. The summed E-state index contributed by atoms with van der Waals surface area (Å²) in [4.78, 5) is 14.3. The number of phenols is 1. The Morgan fingerprint density at radius 3 is 2.64 bits per heavy atom. The van der Waals surface area contributed by atoms with E-state index in [1.54, 1.807) is 6.07 Å². The fraction of sp³-hybridized carbons (Fsp3) is 0.500. The van der Waals surface area contributed by atoms with Gasteiger partial charge in [0.25, 0.3) is 0 Å². The van der Waals surface area contributed by atoms with E-state index in [1.165, 1.54) is 0 Å². The summed E-state index contributed by atoms with van der Waals surface area (Å²) in [5.41, 5.74) is 1.53. The van der Waals surface area contributed by atoms with Gasteiger partial charge in [0, 0.05) is 11.6 Å². The molecule has 0 spiro atoms. The summed E-state index contributed by atoms with van der Waals surface area (Å²) in [7, 11) is 0. The summed E-state index contributed by atoms with van der Waals surface area (Å²) in [6, 6.07) is 7.63. The molecule has 4 nitrogen and oxygen atoms in total. The fourth-order valence-electron chi connectivity index (χ4n) is 3.37. The number of phenolic OH excluding ortho intramolecular Hbond substituents is 1. The summed E-state index contributed by atoms with van der Waals surface area (Å²) in [5, 5.41) is 10.0. The molecular formula is C18H23NO3. The van der Waals surface area contributed by atoms with E-state index in [1.807, 2.05) is 43.9 Å². The van der Waals surface area contributed by atoms with Crippen molar-refractivity contribution in [2.45, 2.75) is 57.7 Å². The van der Waals surface area contributed by atoms with Gasteiger partial charge >= 0.3 is 6.09 Å². The number of nitrogens with zero attached hydrogens (tertiary/aromatic N) is 1. The quantitative estimate of drug-likeness (QED) is 0.854. The number of aromatic hydroxyl groups is 1. The lowest BCUT2D eigenvalue weighted by atomic mass is 9.94. The first kappa shape index (κ1) is 14.9. The average Bonchev–Trinajstić information content (AvgIpc) is 2.68. The van der Waals surface area contributed by atoms with Crippen molar-refractivity contribution in [3.05, 3.63) is 35.9 Å². The van der Waals surface area contributed by atoms with E-state index in [0.717, 1.165) is 30.4 Å². The lowest BCUT2D eigenvalue weighted by molar-refractivity contribution is 0.0175. The zero-order valence-corrected chi connectivity index (χ0v) is 13.4. The van der Waals surface area contributed by atoms with Crippen LogP contribution in [0.2, 0.25) is 0 Å². The number of benzene rings is 1. The second-order valence-corrected chi connectivity index (χ2v) is 7.10. The highest BCUT2D eigenvalue weighted by atomic mass is 16.6. The highest BCUT2D eigenvalue weighted by Crippen LogP contribution is 2.41. The van der Waals surface area contributed by atoms with Crippen LogP contribution in [0.3, 0.4) is 0 Å². The van der Waals surface area contributed by atoms with Crippen molar-refractivity contribution >= 4 is 11.7 Å². The van der Waals surface area contributed by atoms with Crippen LogP contribution < -0.4 is 0 Å². The molecule has 1 amide bonds. The Labute approximate surface area is 131 Å². The maximum Gasteiger partial charge on any atom is 0.411 e. The summed E-state index contributed by atoms with van der Waals surface area (Å²) >= 11 is 0. The van der Waals surface area contributed by atoms with E-state index in [2.05, 4.69) is 6.08 Å². The number of ether oxygens (including phenoxy) is 1. The molecule has 0 aromatic heterocycles. The standard InChI is InChI=1S/C18H23NO3/c1-18(2,3)22-17(21)19-13-8-9-14(19)11-12(10-13)15-6-4-5-7-16(15)20/h4-7,10,13-14,20H,8-9,11H2,1-3H3. The minimum absolute atomic E-state index is 0.0724. The molecule has 118 valence electrons. The molecular weight excluding hydrogens is 278 g/mol. The number of amides is 1. The molecule has 2 heterocycles. The molecule has 1 N–H and O–H groups in total. The van der Waals surface area contributed by atoms with Gasteiger partial charge in [-0.3, -0.25) is 4.90 Å². The SMILES string of the molecule is CC(C)(C)OC(=O)N1C2C=C(c3ccccc3O)CC1CC2. The van der Waals surface area contributed by atoms with Crippen molar-refractivity contribution in [1.82, 2.24) is 4.90 Å². The van der Waals surface area contributed by atoms with Crippen LogP contribution in [0.1, 0.15) is 45.6 Å². The third-order valence-corrected chi connectivity index (χ3v) is 4.25. The van der Waals surface area contributed by atoms with Gasteiger partial charge in [0.15, 0.2) is 0 Å². The van der Waals surface area contributed by atoms with E-state index in [9.17, 15) is 9.90 Å². The number of hydrogen-bond acceptors (Lipinski definition) is 3. The summed E-state index contributed by atoms with van der Waals surface area (Å²) in [5.74, 6) is 0.305. The Balaban J connectivity index is 1.84. The highest BCUT2D eigenvalue weighted by Gasteiger charge is 2.41. The number of hydrogen-bond donors (Lipinski definition) is 1. The van der Waals surface area contributed by atoms with E-state index in [-0.39, 0.29) is 18.2 Å². The zero-order chi connectivity index (χ0) is 15.9. The van der Waals surface area contributed by atoms with Crippen LogP contribution in [-0.2, 0) is 4.74 Å². The number of fused-ring (bicyclic) bond motifs is 2. The topological polar surface area (TPSA) is 49.8 Å². The molecule has 1 fully saturated rings. The molecule has 2 unspecified atom stereocenters. The molecule has 2 atom stereocenters. The van der Waals surface area contributed by atoms with E-state index in [0.29, 0.717) is 5.75 Å². The van der Waals surface area contributed by atoms with E-state index < -0.39 is 5.60 Å². The summed E-state index contributed by atoms with van der Waals surface area (Å²) < 4.78 is 5.53. The molecule has 1 aromatic rings. The van der Waals surface area contributed by atoms with Gasteiger partial charge in [-0.05, 0) is 51.7 Å². The molecule has 0 saturated carbocycles. The second-order valence-electron chi connectivity index (χ2n) is 7.10. The molecule has 1 aromatic carbocycles. The minimum Gasteiger partial charge on any atom is -0.507 e. The first-order valence-electron chi connectivity index (χ1n) is 7.85. The second kappa shape index (κ2) is 5.34. The van der Waals surface area contributed by atoms with Crippen molar-refractivity contribution in [3.8, 4) is 5.75 Å². The molecule has 4 heteroatoms. The summed E-state index contributed by atoms with van der Waals surface area (Å²) in [6.45, 7) is 5.67. The molecule has 2 bridgehead atoms. The van der Waals surface area contributed by atoms with Crippen LogP contribution >= 0.6 is 0 Å². The van der Waals surface area contributed by atoms with Gasteiger partial charge < -0.3 is 9.84 Å². The van der Waals surface area contributed by atoms with Crippen molar-refractivity contribution in [2.24, 2.45) is 0 Å². The predicted octanol–water partition coefficient (Wildman–Crippen LogP) is 3.95. The molecule has 1 saturated heterocycles. The molecule has 0 aliphatic carbocycles. The van der Waals surface area contributed by atoms with Crippen LogP contribution in [-0.4, -0.2) is 33.8 Å². The van der Waals surface area contributed by atoms with Gasteiger partial charge in [0.2, 0.25) is 0 Å². The largest absolute Gasteiger partial charge is 0.507 e. The molecule has 2 aliphatic rings. The molecule has 3 rings (SSSR count). The first-order valence-corrected chi connectivity index (χ1v) is 7.85. The van der Waals surface area contributed by atoms with Gasteiger partial charge in [-0.15, -0.1) is 0 Å². The highest BCUT2D eigenvalue weighted by molar-refractivity contribution is 5.77. The van der Waals surface area contributed by atoms with E-state index in [4.69, 9.17) is 4.74 Å². The van der Waals surface area contributed by atoms with Gasteiger partial charge in [-0.25, -0.2) is 4.79 Å². The Kier molecular flexibility index (Phi) is 3.63. The maximum atomic E-state index is 12.4. The van der Waals surface area contributed by atoms with Gasteiger partial charge in [0.1, 0.15) is 11.4 Å². The third-order valence-electron chi connectivity index (χ3n) is 4.25. The fourth-order valence-corrected chi connectivity index (χ4v) is 3.37. The zero-order valence-electron chi connectivity index (χ0n) is 13.4. The van der Waals surface area contributed by atoms with Crippen LogP contribution in [0, 0.1) is 0 Å². The van der Waals surface area contributed by atoms with Crippen LogP contribution in [0.15, 0.2) is 30.3 Å². The van der Waals surface area contributed by atoms with Crippen LogP contribution in [0.25, 0.3) is 5.57 Å². The van der Waals surface area contributed by atoms with Crippen molar-refractivity contribution in [1.29, 1.82) is 0 Å². The normalized spacial score (nSPS) is 24.1. The molecule has 22 heavy (non-hydrogen) atoms. The van der Waals surface area contributed by atoms with Crippen LogP contribution in [0.5, 0.6) is 5.75 Å². The van der Waals surface area contributed by atoms with Crippen molar-refractivity contribution < 1.29 is 14.6 Å². The average molecular weight is 301 g/mol. The Bertz CT molecular complexity index is 615. The van der Waals surface area contributed by atoms with Crippen LogP contribution in [0.4, 0.5) is 4.79 Å². The maximum absolute atomic E-state index is 12.4. The molecule has 2 aliphatic heterocycles. The monoisotopic (exact) mass is 301 g/mol. The van der Waals surface area contributed by atoms with Gasteiger partial charge in [0.05, 0.1) is 6.04 Å². The minimum atomic E-state index is -0.474. The number of carbonyl (C=O) groups is 1. The Hall–Kier alpha value is -1.97. The van der Waals surface area contributed by atoms with Crippen molar-refractivity contribution in [2.75, 3.05) is 0 Å². The number of carbonyl (C=O) groups excluding carboxylic acids is 1. The lowest BCUT2D eigenvalue weighted by Gasteiger charge is -2.35. The third kappa shape index (κ3) is 2.82. The van der Waals surface area contributed by atoms with Crippen molar-refractivity contribution in [3.63, 3.8) is 0 Å². The Morgan fingerprint density at radius 1 is 1.27 bits per heavy atom. The van der Waals surface area contributed by atoms with E-state index >= 15 is 0 Å². The van der Waals surface area contributed by atoms with Gasteiger partial charge in [-0.2, -0.15) is 0 Å². The number of rotatable bonds is 1. The lowest BCUT2D eigenvalue weighted by Crippen LogP contribution is -2.45. The smallest absolute Gasteiger partial charge is 0.411 e. The number of para-hydroxylation sites is 1. The summed E-state index contributed by atoms with van der Waals surface area (Å²) in [6.07, 6.45) is 4.60. The predicted molar refractivity (Wildman–Crippen MR) is 85.6 cm³/mol. The Morgan fingerprint density at radius 2 is 2.00 bits per heavy atom. The molecule has 0 radical (unpaired) electrons. The van der Waals surface area contributed by atoms with Gasteiger partial charge in [-0.1, -0.05) is 24.3 Å².